The Kier molecular flexibility index (Phi) is 5.54. The Hall–Kier alpha value is -1.36. The maximum absolute atomic E-state index is 12.5. The van der Waals surface area contributed by atoms with E-state index in [1.165, 1.54) is 0 Å². The Morgan fingerprint density at radius 1 is 0.895 bits per heavy atom. The Morgan fingerprint density at radius 2 is 1.37 bits per heavy atom. The molecule has 2 aromatic carbocycles. The van der Waals surface area contributed by atoms with Crippen LogP contribution >= 0.6 is 12.4 Å². The van der Waals surface area contributed by atoms with Gasteiger partial charge in [0.25, 0.3) is 0 Å². The Labute approximate surface area is 119 Å². The summed E-state index contributed by atoms with van der Waals surface area (Å²) in [6.45, 7) is 0.0707. The third-order valence-electron chi connectivity index (χ3n) is 2.83. The van der Waals surface area contributed by atoms with Crippen LogP contribution in [0.1, 0.15) is 10.8 Å². The zero-order valence-electron chi connectivity index (χ0n) is 10.3. The van der Waals surface area contributed by atoms with Crippen molar-refractivity contribution in [3.8, 4) is 0 Å². The van der Waals surface area contributed by atoms with Crippen LogP contribution in [-0.4, -0.2) is 15.0 Å². The van der Waals surface area contributed by atoms with Gasteiger partial charge in [0.05, 0.1) is 4.90 Å². The molecule has 3 nitrogen and oxygen atoms in total. The predicted octanol–water partition coefficient (Wildman–Crippen LogP) is 2.58. The minimum absolute atomic E-state index is 0. The summed E-state index contributed by atoms with van der Waals surface area (Å²) in [5.74, 6) is 0. The van der Waals surface area contributed by atoms with Gasteiger partial charge in [-0.05, 0) is 17.7 Å². The number of sulfone groups is 1. The zero-order valence-corrected chi connectivity index (χ0v) is 11.9. The molecule has 0 radical (unpaired) electrons. The van der Waals surface area contributed by atoms with E-state index in [4.69, 9.17) is 5.73 Å². The van der Waals surface area contributed by atoms with Crippen molar-refractivity contribution in [2.45, 2.75) is 10.1 Å². The summed E-state index contributed by atoms with van der Waals surface area (Å²) in [5, 5.41) is -0.693. The van der Waals surface area contributed by atoms with Gasteiger partial charge >= 0.3 is 0 Å². The summed E-state index contributed by atoms with van der Waals surface area (Å²) < 4.78 is 25.0. The maximum Gasteiger partial charge on any atom is 0.186 e. The first-order chi connectivity index (χ1) is 8.66. The molecule has 0 aliphatic carbocycles. The van der Waals surface area contributed by atoms with Gasteiger partial charge in [-0.3, -0.25) is 0 Å². The smallest absolute Gasteiger partial charge is 0.186 e. The summed E-state index contributed by atoms with van der Waals surface area (Å²) in [5.41, 5.74) is 6.37. The van der Waals surface area contributed by atoms with E-state index < -0.39 is 15.1 Å². The quantitative estimate of drug-likeness (QED) is 0.943. The molecule has 0 spiro atoms. The van der Waals surface area contributed by atoms with Gasteiger partial charge in [-0.15, -0.1) is 12.4 Å². The molecule has 0 saturated heterocycles. The largest absolute Gasteiger partial charge is 0.329 e. The second kappa shape index (κ2) is 6.70. The first-order valence-corrected chi connectivity index (χ1v) is 7.25. The maximum atomic E-state index is 12.5. The number of nitrogens with two attached hydrogens (primary N) is 1. The highest BCUT2D eigenvalue weighted by atomic mass is 35.5. The van der Waals surface area contributed by atoms with E-state index in [1.54, 1.807) is 42.5 Å². The van der Waals surface area contributed by atoms with Crippen LogP contribution < -0.4 is 5.73 Å². The lowest BCUT2D eigenvalue weighted by Gasteiger charge is -2.16. The summed E-state index contributed by atoms with van der Waals surface area (Å²) in [6, 6.07) is 17.5. The van der Waals surface area contributed by atoms with Crippen molar-refractivity contribution >= 4 is 22.2 Å². The number of halogens is 1. The van der Waals surface area contributed by atoms with E-state index in [2.05, 4.69) is 0 Å². The van der Waals surface area contributed by atoms with E-state index in [1.807, 2.05) is 18.2 Å². The van der Waals surface area contributed by atoms with Crippen LogP contribution in [0.2, 0.25) is 0 Å². The van der Waals surface area contributed by atoms with Crippen molar-refractivity contribution in [2.24, 2.45) is 5.73 Å². The molecule has 1 unspecified atom stereocenters. The predicted molar refractivity (Wildman–Crippen MR) is 79.1 cm³/mol. The van der Waals surface area contributed by atoms with Gasteiger partial charge in [0.2, 0.25) is 0 Å². The third kappa shape index (κ3) is 3.35. The van der Waals surface area contributed by atoms with Crippen LogP contribution in [0.15, 0.2) is 65.6 Å². The monoisotopic (exact) mass is 297 g/mol. The van der Waals surface area contributed by atoms with E-state index in [9.17, 15) is 8.42 Å². The van der Waals surface area contributed by atoms with E-state index in [0.717, 1.165) is 5.56 Å². The fraction of sp³-hybridized carbons (Fsp3) is 0.143. The highest BCUT2D eigenvalue weighted by Gasteiger charge is 2.27. The molecule has 2 rings (SSSR count). The molecule has 0 bridgehead atoms. The molecule has 102 valence electrons. The molecule has 19 heavy (non-hydrogen) atoms. The van der Waals surface area contributed by atoms with Crippen molar-refractivity contribution in [3.05, 3.63) is 66.2 Å². The fourth-order valence-corrected chi connectivity index (χ4v) is 3.52. The third-order valence-corrected chi connectivity index (χ3v) is 4.97. The van der Waals surface area contributed by atoms with Crippen LogP contribution in [0.3, 0.4) is 0 Å². The van der Waals surface area contributed by atoms with Gasteiger partial charge in [0, 0.05) is 6.54 Å². The van der Waals surface area contributed by atoms with Gasteiger partial charge in [0.1, 0.15) is 5.25 Å². The van der Waals surface area contributed by atoms with E-state index >= 15 is 0 Å². The lowest BCUT2D eigenvalue weighted by atomic mass is 10.1. The second-order valence-electron chi connectivity index (χ2n) is 3.99. The summed E-state index contributed by atoms with van der Waals surface area (Å²) >= 11 is 0. The Bertz CT molecular complexity index is 600. The first-order valence-electron chi connectivity index (χ1n) is 5.70. The highest BCUT2D eigenvalue weighted by Crippen LogP contribution is 2.27. The van der Waals surface area contributed by atoms with Crippen molar-refractivity contribution < 1.29 is 8.42 Å². The minimum atomic E-state index is -3.43. The summed E-state index contributed by atoms with van der Waals surface area (Å²) in [6.07, 6.45) is 0. The molecular weight excluding hydrogens is 282 g/mol. The van der Waals surface area contributed by atoms with Crippen molar-refractivity contribution in [2.75, 3.05) is 6.54 Å². The van der Waals surface area contributed by atoms with Crippen molar-refractivity contribution in [1.82, 2.24) is 0 Å². The Morgan fingerprint density at radius 3 is 1.84 bits per heavy atom. The molecule has 5 heteroatoms. The molecule has 2 N–H and O–H groups in total. The minimum Gasteiger partial charge on any atom is -0.329 e. The van der Waals surface area contributed by atoms with E-state index in [-0.39, 0.29) is 19.0 Å². The van der Waals surface area contributed by atoms with Crippen molar-refractivity contribution in [1.29, 1.82) is 0 Å². The van der Waals surface area contributed by atoms with Gasteiger partial charge in [-0.1, -0.05) is 48.5 Å². The molecule has 0 fully saturated rings. The second-order valence-corrected chi connectivity index (χ2v) is 6.12. The average Bonchev–Trinajstić information content (AvgIpc) is 2.41. The summed E-state index contributed by atoms with van der Waals surface area (Å²) in [4.78, 5) is 0.310. The molecule has 2 aromatic rings. The number of rotatable bonds is 4. The van der Waals surface area contributed by atoms with Crippen LogP contribution in [0.4, 0.5) is 0 Å². The molecule has 0 amide bonds. The number of hydrogen-bond donors (Lipinski definition) is 1. The van der Waals surface area contributed by atoms with Gasteiger partial charge in [-0.2, -0.15) is 0 Å². The lowest BCUT2D eigenvalue weighted by molar-refractivity contribution is 0.582. The molecule has 0 heterocycles. The SMILES string of the molecule is Cl.NCC(c1ccccc1)S(=O)(=O)c1ccccc1. The van der Waals surface area contributed by atoms with Crippen LogP contribution in [0.25, 0.3) is 0 Å². The lowest BCUT2D eigenvalue weighted by Crippen LogP contribution is -2.22. The number of hydrogen-bond acceptors (Lipinski definition) is 3. The highest BCUT2D eigenvalue weighted by molar-refractivity contribution is 7.91. The molecule has 0 saturated carbocycles. The molecule has 1 atom stereocenters. The van der Waals surface area contributed by atoms with Crippen LogP contribution in [0.5, 0.6) is 0 Å². The molecule has 0 aromatic heterocycles. The first kappa shape index (κ1) is 15.7. The number of benzene rings is 2. The van der Waals surface area contributed by atoms with Gasteiger partial charge in [0.15, 0.2) is 9.84 Å². The van der Waals surface area contributed by atoms with Gasteiger partial charge < -0.3 is 5.73 Å². The molecule has 0 aliphatic rings. The molecule has 0 aliphatic heterocycles. The Balaban J connectivity index is 0.00000180. The van der Waals surface area contributed by atoms with Crippen LogP contribution in [0, 0.1) is 0 Å². The zero-order chi connectivity index (χ0) is 13.0. The summed E-state index contributed by atoms with van der Waals surface area (Å²) in [7, 11) is -3.43. The van der Waals surface area contributed by atoms with Gasteiger partial charge in [-0.25, -0.2) is 8.42 Å². The van der Waals surface area contributed by atoms with Crippen LogP contribution in [-0.2, 0) is 9.84 Å². The van der Waals surface area contributed by atoms with E-state index in [0.29, 0.717) is 4.90 Å². The fourth-order valence-electron chi connectivity index (χ4n) is 1.88. The average molecular weight is 298 g/mol. The normalized spacial score (nSPS) is 12.5. The molecular formula is C14H16ClNO2S. The standard InChI is InChI=1S/C14H15NO2S.ClH/c15-11-14(12-7-3-1-4-8-12)18(16,17)13-9-5-2-6-10-13;/h1-10,14H,11,15H2;1H. The topological polar surface area (TPSA) is 60.2 Å². The van der Waals surface area contributed by atoms with Crippen molar-refractivity contribution in [3.63, 3.8) is 0 Å².